The van der Waals surface area contributed by atoms with E-state index >= 15 is 0 Å². The number of hydrogen-bond acceptors (Lipinski definition) is 6. The molecule has 1 aromatic heterocycles. The molecule has 1 unspecified atom stereocenters. The number of nitrogens with zero attached hydrogens (tertiary/aromatic N) is 3. The van der Waals surface area contributed by atoms with Crippen molar-refractivity contribution in [3.8, 4) is 5.69 Å². The Morgan fingerprint density at radius 2 is 1.65 bits per heavy atom. The van der Waals surface area contributed by atoms with Crippen LogP contribution in [0.3, 0.4) is 0 Å². The van der Waals surface area contributed by atoms with Gasteiger partial charge < -0.3 is 15.4 Å². The normalized spacial score (nSPS) is 14.3. The number of likely N-dealkylation sites (N-methyl/N-ethyl adjacent to an activating group) is 1. The summed E-state index contributed by atoms with van der Waals surface area (Å²) >= 11 is 0. The van der Waals surface area contributed by atoms with Gasteiger partial charge in [0.05, 0.1) is 24.1 Å². The summed E-state index contributed by atoms with van der Waals surface area (Å²) in [5.41, 5.74) is 2.24. The first-order chi connectivity index (χ1) is 22.8. The summed E-state index contributed by atoms with van der Waals surface area (Å²) in [4.78, 5) is 49.9. The first-order valence-electron chi connectivity index (χ1n) is 14.9. The highest BCUT2D eigenvalue weighted by Gasteiger charge is 2.38. The smallest absolute Gasteiger partial charge is 0.416 e. The number of hydrogen-bond donors (Lipinski definition) is 2. The Kier molecular flexibility index (Phi) is 11.2. The molecule has 2 N–H and O–H groups in total. The van der Waals surface area contributed by atoms with Crippen LogP contribution >= 0.6 is 0 Å². The number of aromatic nitrogens is 2. The van der Waals surface area contributed by atoms with Gasteiger partial charge in [-0.05, 0) is 63.2 Å². The van der Waals surface area contributed by atoms with Crippen molar-refractivity contribution in [1.82, 2.24) is 15.1 Å². The Hall–Kier alpha value is -5.72. The highest BCUT2D eigenvalue weighted by molar-refractivity contribution is 6.06. The van der Waals surface area contributed by atoms with E-state index in [9.17, 15) is 32.3 Å². The van der Waals surface area contributed by atoms with Gasteiger partial charge in [0.15, 0.2) is 0 Å². The Bertz CT molecular complexity index is 1820. The van der Waals surface area contributed by atoms with E-state index in [-0.39, 0.29) is 23.8 Å². The number of carbonyl (C=O) groups excluding carboxylic acids is 4. The van der Waals surface area contributed by atoms with Crippen molar-refractivity contribution < 1.29 is 37.1 Å². The zero-order valence-electron chi connectivity index (χ0n) is 26.7. The quantitative estimate of drug-likeness (QED) is 0.195. The molecule has 48 heavy (non-hydrogen) atoms. The molecular formula is C35H34F3N5O5. The van der Waals surface area contributed by atoms with E-state index in [1.54, 1.807) is 28.6 Å². The summed E-state index contributed by atoms with van der Waals surface area (Å²) < 4.78 is 45.1. The van der Waals surface area contributed by atoms with Crippen LogP contribution in [0.2, 0.25) is 0 Å². The highest BCUT2D eigenvalue weighted by atomic mass is 19.4. The fraction of sp³-hybridized carbons (Fsp3) is 0.229. The monoisotopic (exact) mass is 661 g/mol. The molecule has 3 amide bonds. The number of methoxy groups -OCH3 is 1. The largest absolute Gasteiger partial charge is 0.466 e. The minimum Gasteiger partial charge on any atom is -0.466 e. The number of anilines is 2. The van der Waals surface area contributed by atoms with E-state index in [4.69, 9.17) is 0 Å². The van der Waals surface area contributed by atoms with E-state index in [1.807, 2.05) is 62.4 Å². The van der Waals surface area contributed by atoms with Crippen LogP contribution in [0.5, 0.6) is 0 Å². The van der Waals surface area contributed by atoms with Crippen molar-refractivity contribution in [1.29, 1.82) is 0 Å². The minimum atomic E-state index is -4.56. The Morgan fingerprint density at radius 1 is 1.00 bits per heavy atom. The maximum absolute atomic E-state index is 13.2. The number of rotatable bonds is 7. The standard InChI is InChI=1S/C23H21F3N4O2.C12H13NO3/c1-3-29-21-18(14(2)28-30(21)17-10-5-4-6-11-17)13-19(22(29)32)27-20(31)15-8-7-9-16(12-15)23(24,25)26;1-9(8-11(14)16-2)12(15)13-10-6-4-3-5-7-10/h4-12,19H,3,13H2,1-2H3,(H,27,31);3-8H,1-2H3,(H,13,15)/b;9-8+. The number of fused-ring (bicyclic) bond motifs is 1. The molecule has 3 aromatic carbocycles. The molecule has 0 saturated carbocycles. The van der Waals surface area contributed by atoms with Crippen LogP contribution in [0.1, 0.15) is 41.0 Å². The number of esters is 1. The van der Waals surface area contributed by atoms with Gasteiger partial charge >= 0.3 is 12.1 Å². The third kappa shape index (κ3) is 8.35. The molecule has 2 heterocycles. The summed E-state index contributed by atoms with van der Waals surface area (Å²) in [5.74, 6) is -1.29. The van der Waals surface area contributed by atoms with E-state index < -0.39 is 29.7 Å². The summed E-state index contributed by atoms with van der Waals surface area (Å²) in [6.07, 6.45) is -3.21. The highest BCUT2D eigenvalue weighted by Crippen LogP contribution is 2.33. The molecule has 1 aliphatic rings. The lowest BCUT2D eigenvalue weighted by Gasteiger charge is -2.32. The predicted octanol–water partition coefficient (Wildman–Crippen LogP) is 5.65. The topological polar surface area (TPSA) is 123 Å². The van der Waals surface area contributed by atoms with Crippen molar-refractivity contribution in [2.75, 3.05) is 23.9 Å². The molecule has 13 heteroatoms. The summed E-state index contributed by atoms with van der Waals surface area (Å²) in [7, 11) is 1.27. The summed E-state index contributed by atoms with van der Waals surface area (Å²) in [6, 6.07) is 21.6. The number of halogens is 3. The lowest BCUT2D eigenvalue weighted by molar-refractivity contribution is -0.137. The number of para-hydroxylation sites is 2. The lowest BCUT2D eigenvalue weighted by atomic mass is 9.99. The molecule has 0 radical (unpaired) electrons. The van der Waals surface area contributed by atoms with Gasteiger partial charge in [0.25, 0.3) is 17.7 Å². The number of amides is 3. The third-order valence-corrected chi connectivity index (χ3v) is 7.39. The van der Waals surface area contributed by atoms with Crippen LogP contribution in [-0.2, 0) is 31.7 Å². The molecule has 5 rings (SSSR count). The molecule has 0 fully saturated rings. The molecule has 10 nitrogen and oxygen atoms in total. The van der Waals surface area contributed by atoms with Crippen LogP contribution in [0.4, 0.5) is 24.7 Å². The Balaban J connectivity index is 0.000000274. The molecule has 0 bridgehead atoms. The average molecular weight is 662 g/mol. The molecule has 1 atom stereocenters. The maximum atomic E-state index is 13.2. The molecule has 0 saturated heterocycles. The molecular weight excluding hydrogens is 627 g/mol. The Labute approximate surface area is 275 Å². The van der Waals surface area contributed by atoms with Gasteiger partial charge in [-0.15, -0.1) is 0 Å². The van der Waals surface area contributed by atoms with Crippen molar-refractivity contribution in [3.05, 3.63) is 119 Å². The number of nitrogens with one attached hydrogen (secondary N) is 2. The lowest BCUT2D eigenvalue weighted by Crippen LogP contribution is -2.53. The van der Waals surface area contributed by atoms with Crippen molar-refractivity contribution in [2.24, 2.45) is 0 Å². The van der Waals surface area contributed by atoms with Gasteiger partial charge in [-0.2, -0.15) is 18.3 Å². The number of alkyl halides is 3. The summed E-state index contributed by atoms with van der Waals surface area (Å²) in [6.45, 7) is 5.54. The van der Waals surface area contributed by atoms with Crippen LogP contribution in [0.15, 0.2) is 96.6 Å². The maximum Gasteiger partial charge on any atom is 0.416 e. The number of benzene rings is 3. The van der Waals surface area contributed by atoms with Crippen LogP contribution < -0.4 is 15.5 Å². The second-order valence-electron chi connectivity index (χ2n) is 10.7. The van der Waals surface area contributed by atoms with Crippen molar-refractivity contribution in [2.45, 2.75) is 39.4 Å². The molecule has 1 aliphatic heterocycles. The SMILES string of the molecule is CCN1C(=O)C(NC(=O)c2cccc(C(F)(F)F)c2)Cc2c(C)nn(-c3ccccc3)c21.COC(=O)/C=C(\C)C(=O)Nc1ccccc1. The van der Waals surface area contributed by atoms with Gasteiger partial charge in [-0.25, -0.2) is 9.48 Å². The Morgan fingerprint density at radius 3 is 2.25 bits per heavy atom. The van der Waals surface area contributed by atoms with Crippen molar-refractivity contribution in [3.63, 3.8) is 0 Å². The average Bonchev–Trinajstić information content (AvgIpc) is 3.41. The molecule has 0 aliphatic carbocycles. The number of carbonyl (C=O) groups is 4. The fourth-order valence-corrected chi connectivity index (χ4v) is 4.95. The minimum absolute atomic E-state index is 0.154. The van der Waals surface area contributed by atoms with E-state index in [0.29, 0.717) is 29.3 Å². The molecule has 250 valence electrons. The van der Waals surface area contributed by atoms with Gasteiger partial charge in [0.1, 0.15) is 11.9 Å². The van der Waals surface area contributed by atoms with Gasteiger partial charge in [0.2, 0.25) is 0 Å². The zero-order valence-corrected chi connectivity index (χ0v) is 26.7. The van der Waals surface area contributed by atoms with E-state index in [0.717, 1.165) is 29.5 Å². The second-order valence-corrected chi connectivity index (χ2v) is 10.7. The van der Waals surface area contributed by atoms with Gasteiger partial charge in [-0.3, -0.25) is 19.3 Å². The zero-order chi connectivity index (χ0) is 35.0. The van der Waals surface area contributed by atoms with E-state index in [2.05, 4.69) is 20.5 Å². The third-order valence-electron chi connectivity index (χ3n) is 7.39. The van der Waals surface area contributed by atoms with Crippen LogP contribution in [0, 0.1) is 6.92 Å². The molecule has 0 spiro atoms. The summed E-state index contributed by atoms with van der Waals surface area (Å²) in [5, 5.41) is 9.86. The van der Waals surface area contributed by atoms with Gasteiger partial charge in [0, 0.05) is 41.4 Å². The first kappa shape index (κ1) is 35.1. The molecule has 4 aromatic rings. The van der Waals surface area contributed by atoms with Crippen LogP contribution in [-0.4, -0.2) is 53.2 Å². The second kappa shape index (κ2) is 15.2. The number of aryl methyl sites for hydroxylation is 1. The predicted molar refractivity (Wildman–Crippen MR) is 174 cm³/mol. The van der Waals surface area contributed by atoms with E-state index in [1.165, 1.54) is 19.2 Å². The first-order valence-corrected chi connectivity index (χ1v) is 14.9. The van der Waals surface area contributed by atoms with Crippen LogP contribution in [0.25, 0.3) is 5.69 Å². The fourth-order valence-electron chi connectivity index (χ4n) is 4.95. The van der Waals surface area contributed by atoms with Gasteiger partial charge in [-0.1, -0.05) is 42.5 Å². The van der Waals surface area contributed by atoms with Crippen molar-refractivity contribution >= 4 is 35.2 Å². The number of ether oxygens (including phenoxy) is 1.